The van der Waals surface area contributed by atoms with Gasteiger partial charge in [-0.2, -0.15) is 0 Å². The molecule has 1 aliphatic carbocycles. The molecule has 1 fully saturated rings. The first-order valence-corrected chi connectivity index (χ1v) is 9.55. The number of carbonyl (C=O) groups excluding carboxylic acids is 2. The van der Waals surface area contributed by atoms with Gasteiger partial charge in [-0.25, -0.2) is 0 Å². The van der Waals surface area contributed by atoms with Gasteiger partial charge in [-0.15, -0.1) is 11.3 Å². The van der Waals surface area contributed by atoms with E-state index in [9.17, 15) is 9.59 Å². The first-order chi connectivity index (χ1) is 12.1. The van der Waals surface area contributed by atoms with Crippen molar-refractivity contribution < 1.29 is 14.3 Å². The molecule has 0 spiro atoms. The van der Waals surface area contributed by atoms with E-state index in [0.717, 1.165) is 36.1 Å². The molecule has 1 N–H and O–H groups in total. The Bertz CT molecular complexity index is 706. The number of hydrogen-bond donors (Lipinski definition) is 1. The Kier molecular flexibility index (Phi) is 5.53. The molecule has 3 rings (SSSR count). The van der Waals surface area contributed by atoms with Crippen LogP contribution in [0, 0.1) is 0 Å². The number of hydrogen-bond acceptors (Lipinski definition) is 4. The standard InChI is InChI=1S/C20H23NO3S/c1-15(17-10-7-13-25-17)21-18(22)14-24-19(23)20(11-5-6-12-20)16-8-3-2-4-9-16/h2-4,7-10,13,15H,5-6,11-12,14H2,1H3,(H,21,22)/t15-/m1/s1. The van der Waals surface area contributed by atoms with Gasteiger partial charge in [-0.1, -0.05) is 49.2 Å². The predicted octanol–water partition coefficient (Wildman–Crippen LogP) is 3.98. The predicted molar refractivity (Wildman–Crippen MR) is 98.4 cm³/mol. The summed E-state index contributed by atoms with van der Waals surface area (Å²) < 4.78 is 5.42. The molecule has 1 aromatic heterocycles. The molecule has 1 atom stereocenters. The maximum atomic E-state index is 12.8. The molecule has 2 aromatic rings. The molecule has 0 radical (unpaired) electrons. The van der Waals surface area contributed by atoms with Gasteiger partial charge in [0.25, 0.3) is 5.91 Å². The van der Waals surface area contributed by atoms with Crippen LogP contribution in [-0.4, -0.2) is 18.5 Å². The molecule has 0 bridgehead atoms. The number of amides is 1. The van der Waals surface area contributed by atoms with Crippen molar-refractivity contribution in [1.29, 1.82) is 0 Å². The normalized spacial score (nSPS) is 17.0. The molecule has 132 valence electrons. The molecular formula is C20H23NO3S. The molecule has 0 unspecified atom stereocenters. The summed E-state index contributed by atoms with van der Waals surface area (Å²) in [5.41, 5.74) is 0.394. The van der Waals surface area contributed by atoms with Gasteiger partial charge in [-0.3, -0.25) is 9.59 Å². The van der Waals surface area contributed by atoms with Crippen LogP contribution in [0.5, 0.6) is 0 Å². The van der Waals surface area contributed by atoms with E-state index in [4.69, 9.17) is 4.74 Å². The molecular weight excluding hydrogens is 334 g/mol. The average Bonchev–Trinajstić information content (AvgIpc) is 3.32. The molecule has 4 nitrogen and oxygen atoms in total. The lowest BCUT2D eigenvalue weighted by molar-refractivity contribution is -0.154. The van der Waals surface area contributed by atoms with Crippen molar-refractivity contribution in [3.63, 3.8) is 0 Å². The number of benzene rings is 1. The minimum Gasteiger partial charge on any atom is -0.455 e. The van der Waals surface area contributed by atoms with Crippen molar-refractivity contribution >= 4 is 23.2 Å². The maximum Gasteiger partial charge on any atom is 0.317 e. The fraction of sp³-hybridized carbons (Fsp3) is 0.400. The van der Waals surface area contributed by atoms with E-state index >= 15 is 0 Å². The average molecular weight is 357 g/mol. The van der Waals surface area contributed by atoms with E-state index in [0.29, 0.717) is 0 Å². The van der Waals surface area contributed by atoms with Crippen molar-refractivity contribution in [3.05, 3.63) is 58.3 Å². The highest BCUT2D eigenvalue weighted by molar-refractivity contribution is 7.10. The summed E-state index contributed by atoms with van der Waals surface area (Å²) in [4.78, 5) is 26.0. The van der Waals surface area contributed by atoms with E-state index in [1.807, 2.05) is 54.8 Å². The topological polar surface area (TPSA) is 55.4 Å². The van der Waals surface area contributed by atoms with Crippen LogP contribution < -0.4 is 5.32 Å². The van der Waals surface area contributed by atoms with Gasteiger partial charge in [-0.05, 0) is 36.8 Å². The van der Waals surface area contributed by atoms with Crippen LogP contribution in [0.1, 0.15) is 49.1 Å². The zero-order chi connectivity index (χ0) is 17.7. The van der Waals surface area contributed by atoms with E-state index in [2.05, 4.69) is 5.32 Å². The number of carbonyl (C=O) groups is 2. The van der Waals surface area contributed by atoms with Crippen LogP contribution in [0.15, 0.2) is 47.8 Å². The quantitative estimate of drug-likeness (QED) is 0.796. The molecule has 1 amide bonds. The minimum absolute atomic E-state index is 0.0826. The van der Waals surface area contributed by atoms with Gasteiger partial charge in [0.1, 0.15) is 0 Å². The Labute approximate surface area is 152 Å². The van der Waals surface area contributed by atoms with Crippen molar-refractivity contribution in [2.24, 2.45) is 0 Å². The van der Waals surface area contributed by atoms with E-state index in [-0.39, 0.29) is 24.5 Å². The Balaban J connectivity index is 1.60. The first-order valence-electron chi connectivity index (χ1n) is 8.67. The SMILES string of the molecule is C[C@@H](NC(=O)COC(=O)C1(c2ccccc2)CCCC1)c1cccs1. The lowest BCUT2D eigenvalue weighted by Crippen LogP contribution is -2.38. The second kappa shape index (κ2) is 7.83. The van der Waals surface area contributed by atoms with E-state index < -0.39 is 5.41 Å². The summed E-state index contributed by atoms with van der Waals surface area (Å²) in [5, 5.41) is 4.85. The number of thiophene rings is 1. The number of rotatable bonds is 6. The van der Waals surface area contributed by atoms with Crippen LogP contribution in [0.2, 0.25) is 0 Å². The number of esters is 1. The first kappa shape index (κ1) is 17.7. The molecule has 25 heavy (non-hydrogen) atoms. The summed E-state index contributed by atoms with van der Waals surface area (Å²) in [6.07, 6.45) is 3.57. The lowest BCUT2D eigenvalue weighted by atomic mass is 9.79. The van der Waals surface area contributed by atoms with Gasteiger partial charge in [0.2, 0.25) is 0 Å². The lowest BCUT2D eigenvalue weighted by Gasteiger charge is -2.27. The molecule has 0 saturated heterocycles. The van der Waals surface area contributed by atoms with Gasteiger partial charge in [0.05, 0.1) is 11.5 Å². The summed E-state index contributed by atoms with van der Waals surface area (Å²) in [7, 11) is 0. The highest BCUT2D eigenvalue weighted by Gasteiger charge is 2.44. The Morgan fingerprint density at radius 3 is 2.52 bits per heavy atom. The second-order valence-electron chi connectivity index (χ2n) is 6.54. The second-order valence-corrected chi connectivity index (χ2v) is 7.52. The Morgan fingerprint density at radius 1 is 1.16 bits per heavy atom. The molecule has 1 aliphatic rings. The third-order valence-corrected chi connectivity index (χ3v) is 5.91. The molecule has 0 aliphatic heterocycles. The fourth-order valence-electron chi connectivity index (χ4n) is 3.51. The summed E-state index contributed by atoms with van der Waals surface area (Å²) in [6, 6.07) is 13.6. The fourth-order valence-corrected chi connectivity index (χ4v) is 4.24. The van der Waals surface area contributed by atoms with Crippen LogP contribution in [0.4, 0.5) is 0 Å². The van der Waals surface area contributed by atoms with Gasteiger partial charge < -0.3 is 10.1 Å². The Morgan fingerprint density at radius 2 is 1.88 bits per heavy atom. The minimum atomic E-state index is -0.596. The van der Waals surface area contributed by atoms with Crippen molar-refractivity contribution in [2.45, 2.75) is 44.1 Å². The third kappa shape index (κ3) is 3.93. The van der Waals surface area contributed by atoms with Gasteiger partial charge in [0.15, 0.2) is 6.61 Å². The summed E-state index contributed by atoms with van der Waals surface area (Å²) in [6.45, 7) is 1.69. The van der Waals surface area contributed by atoms with Crippen LogP contribution >= 0.6 is 11.3 Å². The van der Waals surface area contributed by atoms with E-state index in [1.54, 1.807) is 11.3 Å². The summed E-state index contributed by atoms with van der Waals surface area (Å²) in [5.74, 6) is -0.550. The smallest absolute Gasteiger partial charge is 0.317 e. The number of nitrogens with one attached hydrogen (secondary N) is 1. The molecule has 1 heterocycles. The molecule has 1 saturated carbocycles. The van der Waals surface area contributed by atoms with Crippen molar-refractivity contribution in [1.82, 2.24) is 5.32 Å². The molecule has 1 aromatic carbocycles. The zero-order valence-corrected chi connectivity index (χ0v) is 15.2. The number of ether oxygens (including phenoxy) is 1. The van der Waals surface area contributed by atoms with Gasteiger partial charge >= 0.3 is 5.97 Å². The monoisotopic (exact) mass is 357 g/mol. The van der Waals surface area contributed by atoms with E-state index in [1.165, 1.54) is 0 Å². The van der Waals surface area contributed by atoms with Crippen molar-refractivity contribution in [3.8, 4) is 0 Å². The third-order valence-electron chi connectivity index (χ3n) is 4.86. The van der Waals surface area contributed by atoms with Gasteiger partial charge in [0, 0.05) is 4.88 Å². The maximum absolute atomic E-state index is 12.8. The van der Waals surface area contributed by atoms with Crippen LogP contribution in [-0.2, 0) is 19.7 Å². The molecule has 5 heteroatoms. The highest BCUT2D eigenvalue weighted by Crippen LogP contribution is 2.42. The van der Waals surface area contributed by atoms with Crippen molar-refractivity contribution in [2.75, 3.05) is 6.61 Å². The largest absolute Gasteiger partial charge is 0.455 e. The summed E-state index contributed by atoms with van der Waals surface area (Å²) >= 11 is 1.59. The van der Waals surface area contributed by atoms with Crippen LogP contribution in [0.25, 0.3) is 0 Å². The highest BCUT2D eigenvalue weighted by atomic mass is 32.1. The van der Waals surface area contributed by atoms with Crippen LogP contribution in [0.3, 0.4) is 0 Å². The Hall–Kier alpha value is -2.14. The zero-order valence-electron chi connectivity index (χ0n) is 14.4.